The number of cyclic esters (lactones) is 1. The number of ether oxygens (including phenoxy) is 1. The average Bonchev–Trinajstić information content (AvgIpc) is 2.70. The minimum atomic E-state index is -0.458. The number of carbonyl (C=O) groups excluding carboxylic acids is 1. The number of hydrogen-bond acceptors (Lipinski definition) is 3. The molecule has 1 amide bonds. The van der Waals surface area contributed by atoms with Crippen LogP contribution in [0.3, 0.4) is 0 Å². The molecule has 0 N–H and O–H groups in total. The lowest BCUT2D eigenvalue weighted by Gasteiger charge is -2.43. The molecule has 3 rings (SSSR count). The Morgan fingerprint density at radius 3 is 2.94 bits per heavy atom. The smallest absolute Gasteiger partial charge is 0.411 e. The van der Waals surface area contributed by atoms with Crippen LogP contribution in [0.1, 0.15) is 31.2 Å². The van der Waals surface area contributed by atoms with Gasteiger partial charge in [-0.1, -0.05) is 0 Å². The fourth-order valence-electron chi connectivity index (χ4n) is 2.85. The zero-order chi connectivity index (χ0) is 11.6. The van der Waals surface area contributed by atoms with Gasteiger partial charge in [-0.05, 0) is 44.2 Å². The Hall–Kier alpha value is -1.03. The number of nitrogens with zero attached hydrogens (tertiary/aromatic N) is 1. The summed E-state index contributed by atoms with van der Waals surface area (Å²) in [4.78, 5) is 15.1. The first-order valence-corrected chi connectivity index (χ1v) is 6.42. The van der Waals surface area contributed by atoms with Crippen molar-refractivity contribution in [1.82, 2.24) is 4.90 Å². The lowest BCUT2D eigenvalue weighted by molar-refractivity contribution is 0.0196. The molecule has 4 heteroatoms. The first-order chi connectivity index (χ1) is 7.47. The molecule has 0 bridgehead atoms. The molecule has 3 heterocycles. The van der Waals surface area contributed by atoms with Crippen LogP contribution in [0.4, 0.5) is 4.79 Å². The summed E-state index contributed by atoms with van der Waals surface area (Å²) in [7, 11) is 0. The molecule has 1 aromatic heterocycles. The molecule has 2 aliphatic rings. The van der Waals surface area contributed by atoms with E-state index in [1.165, 1.54) is 10.4 Å². The van der Waals surface area contributed by atoms with Gasteiger partial charge >= 0.3 is 6.09 Å². The third-order valence-electron chi connectivity index (χ3n) is 4.11. The van der Waals surface area contributed by atoms with Crippen LogP contribution in [0.15, 0.2) is 11.4 Å². The molecule has 1 fully saturated rings. The van der Waals surface area contributed by atoms with E-state index in [0.717, 1.165) is 13.0 Å². The molecule has 0 saturated carbocycles. The number of carbonyl (C=O) groups is 1. The SMILES string of the molecule is CC1(C)OC(=O)N2CCc3sccc3[C@]21C. The number of thiophene rings is 1. The van der Waals surface area contributed by atoms with Crippen molar-refractivity contribution in [2.45, 2.75) is 38.3 Å². The molecule has 2 aliphatic heterocycles. The van der Waals surface area contributed by atoms with Gasteiger partial charge in [0.05, 0.1) is 0 Å². The third-order valence-corrected chi connectivity index (χ3v) is 5.09. The van der Waals surface area contributed by atoms with Crippen LogP contribution in [0.25, 0.3) is 0 Å². The van der Waals surface area contributed by atoms with Crippen LogP contribution in [0, 0.1) is 0 Å². The normalized spacial score (nSPS) is 30.9. The van der Waals surface area contributed by atoms with Crippen molar-refractivity contribution in [1.29, 1.82) is 0 Å². The second-order valence-electron chi connectivity index (χ2n) is 5.11. The van der Waals surface area contributed by atoms with Gasteiger partial charge in [-0.3, -0.25) is 4.90 Å². The molecule has 3 nitrogen and oxygen atoms in total. The van der Waals surface area contributed by atoms with E-state index in [1.54, 1.807) is 11.3 Å². The second-order valence-corrected chi connectivity index (χ2v) is 6.11. The molecular weight excluding hydrogens is 222 g/mol. The standard InChI is InChI=1S/C12H15NO2S/c1-11(2)12(3)8-5-7-16-9(8)4-6-13(12)10(14)15-11/h5,7H,4,6H2,1-3H3/t12-/m0/s1. The van der Waals surface area contributed by atoms with E-state index in [0.29, 0.717) is 0 Å². The van der Waals surface area contributed by atoms with Gasteiger partial charge in [0.25, 0.3) is 0 Å². The largest absolute Gasteiger partial charge is 0.440 e. The van der Waals surface area contributed by atoms with Crippen molar-refractivity contribution < 1.29 is 9.53 Å². The van der Waals surface area contributed by atoms with E-state index < -0.39 is 5.60 Å². The van der Waals surface area contributed by atoms with Crippen molar-refractivity contribution in [2.24, 2.45) is 0 Å². The fraction of sp³-hybridized carbons (Fsp3) is 0.583. The Morgan fingerprint density at radius 1 is 1.44 bits per heavy atom. The highest BCUT2D eigenvalue weighted by atomic mass is 32.1. The molecule has 1 aromatic rings. The monoisotopic (exact) mass is 237 g/mol. The number of amides is 1. The topological polar surface area (TPSA) is 29.5 Å². The quantitative estimate of drug-likeness (QED) is 0.694. The maximum Gasteiger partial charge on any atom is 0.411 e. The molecule has 86 valence electrons. The van der Waals surface area contributed by atoms with Crippen LogP contribution >= 0.6 is 11.3 Å². The summed E-state index contributed by atoms with van der Waals surface area (Å²) in [5, 5.41) is 2.11. The lowest BCUT2D eigenvalue weighted by atomic mass is 9.75. The molecular formula is C12H15NO2S. The van der Waals surface area contributed by atoms with Gasteiger partial charge < -0.3 is 4.74 Å². The predicted octanol–water partition coefficient (Wildman–Crippen LogP) is 2.75. The van der Waals surface area contributed by atoms with Crippen molar-refractivity contribution in [3.8, 4) is 0 Å². The van der Waals surface area contributed by atoms with Crippen molar-refractivity contribution >= 4 is 17.4 Å². The molecule has 1 atom stereocenters. The number of fused-ring (bicyclic) bond motifs is 3. The summed E-state index contributed by atoms with van der Waals surface area (Å²) in [6.45, 7) is 6.88. The highest BCUT2D eigenvalue weighted by Gasteiger charge is 2.60. The molecule has 0 radical (unpaired) electrons. The van der Waals surface area contributed by atoms with E-state index in [1.807, 2.05) is 18.7 Å². The summed E-state index contributed by atoms with van der Waals surface area (Å²) >= 11 is 1.78. The van der Waals surface area contributed by atoms with Crippen LogP contribution in [0.2, 0.25) is 0 Å². The Bertz CT molecular complexity index is 465. The van der Waals surface area contributed by atoms with E-state index in [4.69, 9.17) is 4.74 Å². The van der Waals surface area contributed by atoms with Gasteiger partial charge in [0.2, 0.25) is 0 Å². The number of rotatable bonds is 0. The minimum absolute atomic E-state index is 0.177. The molecule has 16 heavy (non-hydrogen) atoms. The first-order valence-electron chi connectivity index (χ1n) is 5.54. The zero-order valence-corrected chi connectivity index (χ0v) is 10.6. The summed E-state index contributed by atoms with van der Waals surface area (Å²) in [5.41, 5.74) is 0.498. The van der Waals surface area contributed by atoms with E-state index in [9.17, 15) is 4.79 Å². The highest BCUT2D eigenvalue weighted by molar-refractivity contribution is 7.10. The van der Waals surface area contributed by atoms with Crippen LogP contribution in [0.5, 0.6) is 0 Å². The van der Waals surface area contributed by atoms with Crippen molar-refractivity contribution in [2.75, 3.05) is 6.54 Å². The van der Waals surface area contributed by atoms with Crippen molar-refractivity contribution in [3.05, 3.63) is 21.9 Å². The molecule has 0 spiro atoms. The Kier molecular flexibility index (Phi) is 1.78. The summed E-state index contributed by atoms with van der Waals surface area (Å²) < 4.78 is 5.52. The number of hydrogen-bond donors (Lipinski definition) is 0. The Labute approximate surface area is 99.0 Å². The van der Waals surface area contributed by atoms with Crippen molar-refractivity contribution in [3.63, 3.8) is 0 Å². The average molecular weight is 237 g/mol. The predicted molar refractivity (Wildman–Crippen MR) is 62.6 cm³/mol. The first kappa shape index (κ1) is 10.1. The summed E-state index contributed by atoms with van der Waals surface area (Å²) in [5.74, 6) is 0. The maximum absolute atomic E-state index is 11.9. The molecule has 0 aromatic carbocycles. The van der Waals surface area contributed by atoms with Crippen LogP contribution in [-0.2, 0) is 16.7 Å². The van der Waals surface area contributed by atoms with E-state index in [-0.39, 0.29) is 11.6 Å². The van der Waals surface area contributed by atoms with Gasteiger partial charge in [-0.2, -0.15) is 0 Å². The maximum atomic E-state index is 11.9. The van der Waals surface area contributed by atoms with E-state index in [2.05, 4.69) is 18.4 Å². The van der Waals surface area contributed by atoms with Gasteiger partial charge in [-0.25, -0.2) is 4.79 Å². The third kappa shape index (κ3) is 0.961. The Balaban J connectivity index is 2.23. The molecule has 0 unspecified atom stereocenters. The lowest BCUT2D eigenvalue weighted by Crippen LogP contribution is -2.53. The van der Waals surface area contributed by atoms with Gasteiger partial charge in [0, 0.05) is 11.4 Å². The summed E-state index contributed by atoms with van der Waals surface area (Å²) in [6.07, 6.45) is 0.776. The minimum Gasteiger partial charge on any atom is -0.440 e. The second kappa shape index (κ2) is 2.80. The molecule has 1 saturated heterocycles. The summed E-state index contributed by atoms with van der Waals surface area (Å²) in [6, 6.07) is 2.13. The highest BCUT2D eigenvalue weighted by Crippen LogP contribution is 2.50. The molecule has 0 aliphatic carbocycles. The van der Waals surface area contributed by atoms with Crippen LogP contribution < -0.4 is 0 Å². The van der Waals surface area contributed by atoms with Gasteiger partial charge in [0.1, 0.15) is 11.1 Å². The van der Waals surface area contributed by atoms with Gasteiger partial charge in [0.15, 0.2) is 0 Å². The zero-order valence-electron chi connectivity index (χ0n) is 9.74. The van der Waals surface area contributed by atoms with Gasteiger partial charge in [-0.15, -0.1) is 11.3 Å². The Morgan fingerprint density at radius 2 is 2.19 bits per heavy atom. The fourth-order valence-corrected chi connectivity index (χ4v) is 3.82. The van der Waals surface area contributed by atoms with Crippen LogP contribution in [-0.4, -0.2) is 23.1 Å². The van der Waals surface area contributed by atoms with E-state index >= 15 is 0 Å².